The molecule has 1 saturated heterocycles. The molecule has 1 saturated carbocycles. The first-order valence-corrected chi connectivity index (χ1v) is 8.70. The minimum Gasteiger partial charge on any atom is -0.463 e. The van der Waals surface area contributed by atoms with Crippen LogP contribution in [0.5, 0.6) is 0 Å². The monoisotopic (exact) mass is 327 g/mol. The van der Waals surface area contributed by atoms with E-state index in [-0.39, 0.29) is 5.56 Å². The van der Waals surface area contributed by atoms with Gasteiger partial charge in [0.1, 0.15) is 5.69 Å². The maximum absolute atomic E-state index is 12.3. The van der Waals surface area contributed by atoms with Crippen molar-refractivity contribution < 1.29 is 4.42 Å². The molecule has 1 aliphatic carbocycles. The van der Waals surface area contributed by atoms with Gasteiger partial charge in [-0.2, -0.15) is 5.10 Å². The zero-order valence-corrected chi connectivity index (χ0v) is 14.7. The van der Waals surface area contributed by atoms with Crippen LogP contribution < -0.4 is 5.56 Å². The minimum absolute atomic E-state index is 0.0591. The van der Waals surface area contributed by atoms with E-state index in [9.17, 15) is 4.79 Å². The number of hydrogen-bond acceptors (Lipinski definition) is 4. The molecule has 2 atom stereocenters. The van der Waals surface area contributed by atoms with Gasteiger partial charge in [0, 0.05) is 18.7 Å². The van der Waals surface area contributed by atoms with Crippen molar-refractivity contribution in [3.63, 3.8) is 0 Å². The number of nitrogens with zero attached hydrogens (tertiary/aromatic N) is 3. The first-order valence-electron chi connectivity index (χ1n) is 8.70. The second kappa shape index (κ2) is 5.31. The molecule has 3 heterocycles. The molecule has 0 unspecified atom stereocenters. The summed E-state index contributed by atoms with van der Waals surface area (Å²) in [6.07, 6.45) is 5.29. The second-order valence-corrected chi connectivity index (χ2v) is 8.64. The number of likely N-dealkylation sites (tertiary alicyclic amines) is 1. The van der Waals surface area contributed by atoms with Gasteiger partial charge in [0.2, 0.25) is 0 Å². The molecule has 0 N–H and O–H groups in total. The maximum atomic E-state index is 12.3. The fourth-order valence-corrected chi connectivity index (χ4v) is 5.02. The lowest BCUT2D eigenvalue weighted by Crippen LogP contribution is -2.38. The molecule has 2 aliphatic rings. The van der Waals surface area contributed by atoms with Crippen molar-refractivity contribution in [2.75, 3.05) is 6.54 Å². The fourth-order valence-electron chi connectivity index (χ4n) is 5.02. The summed E-state index contributed by atoms with van der Waals surface area (Å²) in [5.74, 6) is 0.692. The summed E-state index contributed by atoms with van der Waals surface area (Å²) in [6.45, 7) is 8.71. The van der Waals surface area contributed by atoms with Gasteiger partial charge in [-0.15, -0.1) is 0 Å². The summed E-state index contributed by atoms with van der Waals surface area (Å²) in [5, 5.41) is 4.52. The molecule has 2 bridgehead atoms. The predicted molar refractivity (Wildman–Crippen MR) is 92.4 cm³/mol. The van der Waals surface area contributed by atoms with Gasteiger partial charge in [0.25, 0.3) is 5.56 Å². The van der Waals surface area contributed by atoms with Crippen molar-refractivity contribution in [1.82, 2.24) is 14.7 Å². The molecule has 0 spiro atoms. The van der Waals surface area contributed by atoms with Gasteiger partial charge in [-0.05, 0) is 48.3 Å². The molecule has 2 aromatic rings. The average Bonchev–Trinajstić information content (AvgIpc) is 3.07. The molecule has 0 aromatic carbocycles. The Kier molecular flexibility index (Phi) is 3.46. The van der Waals surface area contributed by atoms with E-state index in [4.69, 9.17) is 4.42 Å². The van der Waals surface area contributed by atoms with Crippen molar-refractivity contribution in [3.8, 4) is 11.5 Å². The second-order valence-electron chi connectivity index (χ2n) is 8.64. The van der Waals surface area contributed by atoms with E-state index in [1.54, 1.807) is 23.1 Å². The third-order valence-electron chi connectivity index (χ3n) is 5.48. The number of fused-ring (bicyclic) bond motifs is 2. The van der Waals surface area contributed by atoms with E-state index in [1.807, 2.05) is 12.1 Å². The molecular weight excluding hydrogens is 302 g/mol. The Hall–Kier alpha value is -1.88. The van der Waals surface area contributed by atoms with Crippen LogP contribution in [0.15, 0.2) is 39.7 Å². The van der Waals surface area contributed by atoms with Gasteiger partial charge in [-0.3, -0.25) is 9.69 Å². The van der Waals surface area contributed by atoms with Crippen LogP contribution in [0.4, 0.5) is 0 Å². The van der Waals surface area contributed by atoms with Crippen molar-refractivity contribution in [1.29, 1.82) is 0 Å². The first kappa shape index (κ1) is 15.6. The topological polar surface area (TPSA) is 51.3 Å². The van der Waals surface area contributed by atoms with Crippen LogP contribution in [0, 0.1) is 10.8 Å². The van der Waals surface area contributed by atoms with Crippen LogP contribution in [0.3, 0.4) is 0 Å². The predicted octanol–water partition coefficient (Wildman–Crippen LogP) is 3.36. The molecule has 0 radical (unpaired) electrons. The fraction of sp³-hybridized carbons (Fsp3) is 0.579. The summed E-state index contributed by atoms with van der Waals surface area (Å²) >= 11 is 0. The summed E-state index contributed by atoms with van der Waals surface area (Å²) < 4.78 is 6.98. The lowest BCUT2D eigenvalue weighted by Gasteiger charge is -2.39. The van der Waals surface area contributed by atoms with Crippen molar-refractivity contribution >= 4 is 0 Å². The minimum atomic E-state index is -0.0591. The summed E-state index contributed by atoms with van der Waals surface area (Å²) in [4.78, 5) is 14.7. The SMILES string of the molecule is CC1(C)C[C@@H]2C[C@](C)(CN2Cn2nc(-c3ccco3)ccc2=O)C1. The van der Waals surface area contributed by atoms with E-state index in [0.717, 1.165) is 6.54 Å². The van der Waals surface area contributed by atoms with Gasteiger partial charge in [-0.25, -0.2) is 4.68 Å². The van der Waals surface area contributed by atoms with Crippen molar-refractivity contribution in [3.05, 3.63) is 40.9 Å². The van der Waals surface area contributed by atoms with Crippen LogP contribution in [0.25, 0.3) is 11.5 Å². The molecular formula is C19H25N3O2. The summed E-state index contributed by atoms with van der Waals surface area (Å²) in [5.41, 5.74) is 1.37. The molecule has 2 fully saturated rings. The Balaban J connectivity index is 1.60. The highest BCUT2D eigenvalue weighted by Gasteiger charge is 2.49. The van der Waals surface area contributed by atoms with Crippen LogP contribution in [0.2, 0.25) is 0 Å². The van der Waals surface area contributed by atoms with Gasteiger partial charge < -0.3 is 4.42 Å². The zero-order chi connectivity index (χ0) is 16.9. The number of furan rings is 1. The lowest BCUT2D eigenvalue weighted by atomic mass is 9.65. The first-order chi connectivity index (χ1) is 11.3. The smallest absolute Gasteiger partial charge is 0.268 e. The highest BCUT2D eigenvalue weighted by atomic mass is 16.3. The number of hydrogen-bond donors (Lipinski definition) is 0. The Morgan fingerprint density at radius 2 is 2.08 bits per heavy atom. The standard InChI is InChI=1S/C19H25N3O2/c1-18(2)9-14-10-19(3,11-18)12-21(14)13-22-17(23)7-6-15(20-22)16-5-4-8-24-16/h4-8,14H,9-13H2,1-3H3/t14-,19+/m1/s1. The molecule has 5 heteroatoms. The zero-order valence-electron chi connectivity index (χ0n) is 14.7. The molecule has 24 heavy (non-hydrogen) atoms. The van der Waals surface area contributed by atoms with Gasteiger partial charge in [0.15, 0.2) is 5.76 Å². The Morgan fingerprint density at radius 3 is 2.83 bits per heavy atom. The van der Waals surface area contributed by atoms with Gasteiger partial charge >= 0.3 is 0 Å². The molecule has 0 amide bonds. The van der Waals surface area contributed by atoms with E-state index in [0.29, 0.717) is 35.0 Å². The molecule has 128 valence electrons. The third-order valence-corrected chi connectivity index (χ3v) is 5.48. The van der Waals surface area contributed by atoms with Crippen LogP contribution in [-0.2, 0) is 6.67 Å². The van der Waals surface area contributed by atoms with Crippen LogP contribution in [-0.4, -0.2) is 27.3 Å². The lowest BCUT2D eigenvalue weighted by molar-refractivity contribution is 0.119. The van der Waals surface area contributed by atoms with E-state index in [2.05, 4.69) is 30.8 Å². The molecule has 5 nitrogen and oxygen atoms in total. The molecule has 1 aliphatic heterocycles. The Labute approximate surface area is 142 Å². The van der Waals surface area contributed by atoms with Gasteiger partial charge in [-0.1, -0.05) is 20.8 Å². The van der Waals surface area contributed by atoms with Gasteiger partial charge in [0.05, 0.1) is 12.9 Å². The molecule has 4 rings (SSSR count). The summed E-state index contributed by atoms with van der Waals surface area (Å²) in [6, 6.07) is 7.55. The van der Waals surface area contributed by atoms with E-state index in [1.165, 1.54) is 19.3 Å². The summed E-state index contributed by atoms with van der Waals surface area (Å²) in [7, 11) is 0. The van der Waals surface area contributed by atoms with Crippen molar-refractivity contribution in [2.24, 2.45) is 10.8 Å². The highest BCUT2D eigenvalue weighted by Crippen LogP contribution is 2.52. The van der Waals surface area contributed by atoms with Crippen LogP contribution >= 0.6 is 0 Å². The maximum Gasteiger partial charge on any atom is 0.268 e. The third kappa shape index (κ3) is 2.81. The highest BCUT2D eigenvalue weighted by molar-refractivity contribution is 5.50. The largest absolute Gasteiger partial charge is 0.463 e. The normalized spacial score (nSPS) is 29.0. The van der Waals surface area contributed by atoms with E-state index < -0.39 is 0 Å². The average molecular weight is 327 g/mol. The van der Waals surface area contributed by atoms with Crippen molar-refractivity contribution in [2.45, 2.75) is 52.7 Å². The molecule has 2 aromatic heterocycles. The Bertz CT molecular complexity index is 793. The quantitative estimate of drug-likeness (QED) is 0.867. The number of aromatic nitrogens is 2. The van der Waals surface area contributed by atoms with E-state index >= 15 is 0 Å². The number of rotatable bonds is 3. The Morgan fingerprint density at radius 1 is 1.25 bits per heavy atom. The van der Waals surface area contributed by atoms with Crippen LogP contribution in [0.1, 0.15) is 40.0 Å².